The molecule has 18 heavy (non-hydrogen) atoms. The van der Waals surface area contributed by atoms with E-state index >= 15 is 0 Å². The minimum absolute atomic E-state index is 0.109. The van der Waals surface area contributed by atoms with Gasteiger partial charge in [-0.15, -0.1) is 0 Å². The fourth-order valence-electron chi connectivity index (χ4n) is 1.33. The van der Waals surface area contributed by atoms with Gasteiger partial charge in [0.1, 0.15) is 12.4 Å². The fourth-order valence-corrected chi connectivity index (χ4v) is 1.93. The van der Waals surface area contributed by atoms with Gasteiger partial charge < -0.3 is 10.3 Å². The van der Waals surface area contributed by atoms with Crippen molar-refractivity contribution in [2.75, 3.05) is 11.1 Å². The average Bonchev–Trinajstić information content (AvgIpc) is 2.69. The van der Waals surface area contributed by atoms with Crippen molar-refractivity contribution in [1.29, 1.82) is 0 Å². The van der Waals surface area contributed by atoms with Crippen molar-refractivity contribution in [3.8, 4) is 0 Å². The van der Waals surface area contributed by atoms with Gasteiger partial charge in [-0.1, -0.05) is 0 Å². The van der Waals surface area contributed by atoms with Crippen LogP contribution in [0.1, 0.15) is 5.82 Å². The third-order valence-electron chi connectivity index (χ3n) is 2.09. The third-order valence-corrected chi connectivity index (χ3v) is 2.82. The van der Waals surface area contributed by atoms with E-state index in [2.05, 4.69) is 14.7 Å². The largest absolute Gasteiger partial charge is 0.398 e. The van der Waals surface area contributed by atoms with Crippen LogP contribution in [0.4, 0.5) is 10.8 Å². The summed E-state index contributed by atoms with van der Waals surface area (Å²) in [6.07, 6.45) is 1.42. The van der Waals surface area contributed by atoms with Crippen molar-refractivity contribution < 1.29 is 4.79 Å². The summed E-state index contributed by atoms with van der Waals surface area (Å²) in [6.45, 7) is 1.62. The van der Waals surface area contributed by atoms with E-state index in [-0.39, 0.29) is 18.0 Å². The van der Waals surface area contributed by atoms with Crippen LogP contribution in [-0.4, -0.2) is 19.8 Å². The molecular weight excluding hydrogens is 254 g/mol. The van der Waals surface area contributed by atoms with Crippen LogP contribution >= 0.6 is 11.5 Å². The Morgan fingerprint density at radius 3 is 3.00 bits per heavy atom. The summed E-state index contributed by atoms with van der Waals surface area (Å²) in [5, 5.41) is 2.97. The number of nitrogens with zero attached hydrogens (tertiary/aromatic N) is 3. The monoisotopic (exact) mass is 265 g/mol. The van der Waals surface area contributed by atoms with Crippen molar-refractivity contribution in [1.82, 2.24) is 13.9 Å². The van der Waals surface area contributed by atoms with Crippen molar-refractivity contribution >= 4 is 28.3 Å². The molecule has 2 heterocycles. The molecule has 0 atom stereocenters. The number of hydrogen-bond acceptors (Lipinski definition) is 6. The van der Waals surface area contributed by atoms with Gasteiger partial charge in [-0.05, 0) is 13.0 Å². The molecule has 8 heteroatoms. The van der Waals surface area contributed by atoms with Crippen molar-refractivity contribution in [3.63, 3.8) is 0 Å². The second kappa shape index (κ2) is 4.96. The zero-order chi connectivity index (χ0) is 13.1. The Hall–Kier alpha value is -2.22. The predicted molar refractivity (Wildman–Crippen MR) is 68.4 cm³/mol. The van der Waals surface area contributed by atoms with E-state index in [1.54, 1.807) is 6.92 Å². The molecule has 94 valence electrons. The first-order valence-electron chi connectivity index (χ1n) is 5.11. The number of aromatic nitrogens is 3. The van der Waals surface area contributed by atoms with E-state index < -0.39 is 0 Å². The van der Waals surface area contributed by atoms with Gasteiger partial charge >= 0.3 is 0 Å². The molecule has 0 unspecified atom stereocenters. The maximum Gasteiger partial charge on any atom is 0.251 e. The Balaban J connectivity index is 2.07. The number of nitrogens with two attached hydrogens (primary N) is 1. The van der Waals surface area contributed by atoms with E-state index in [1.807, 2.05) is 0 Å². The Morgan fingerprint density at radius 1 is 1.56 bits per heavy atom. The summed E-state index contributed by atoms with van der Waals surface area (Å²) >= 11 is 1.09. The Bertz CT molecular complexity index is 633. The summed E-state index contributed by atoms with van der Waals surface area (Å²) in [5.41, 5.74) is 5.69. The number of carbonyl (C=O) groups excluding carboxylic acids is 1. The van der Waals surface area contributed by atoms with E-state index in [4.69, 9.17) is 5.73 Å². The first-order valence-corrected chi connectivity index (χ1v) is 5.88. The molecule has 2 aromatic heterocycles. The summed E-state index contributed by atoms with van der Waals surface area (Å²) in [6, 6.07) is 2.81. The molecule has 3 N–H and O–H groups in total. The zero-order valence-corrected chi connectivity index (χ0v) is 10.4. The SMILES string of the molecule is Cc1nsc(NC(=O)Cn2cc(N)ccc2=O)n1. The lowest BCUT2D eigenvalue weighted by Gasteiger charge is -2.05. The number of hydrogen-bond donors (Lipinski definition) is 2. The van der Waals surface area contributed by atoms with E-state index in [1.165, 1.54) is 22.9 Å². The number of aryl methyl sites for hydroxylation is 1. The summed E-state index contributed by atoms with van der Waals surface area (Å²) < 4.78 is 5.17. The Kier molecular flexibility index (Phi) is 3.38. The fraction of sp³-hybridized carbons (Fsp3) is 0.200. The van der Waals surface area contributed by atoms with E-state index in [9.17, 15) is 9.59 Å². The van der Waals surface area contributed by atoms with E-state index in [0.717, 1.165) is 11.5 Å². The normalized spacial score (nSPS) is 10.3. The predicted octanol–water partition coefficient (Wildman–Crippen LogP) is 0.229. The molecule has 7 nitrogen and oxygen atoms in total. The second-order valence-corrected chi connectivity index (χ2v) is 4.38. The minimum atomic E-state index is -0.348. The average molecular weight is 265 g/mol. The summed E-state index contributed by atoms with van der Waals surface area (Å²) in [4.78, 5) is 27.1. The first-order chi connectivity index (χ1) is 8.54. The lowest BCUT2D eigenvalue weighted by atomic mass is 10.4. The van der Waals surface area contributed by atoms with Gasteiger partial charge in [-0.25, -0.2) is 4.98 Å². The van der Waals surface area contributed by atoms with Gasteiger partial charge in [0.15, 0.2) is 0 Å². The highest BCUT2D eigenvalue weighted by atomic mass is 32.1. The van der Waals surface area contributed by atoms with Crippen LogP contribution in [0.15, 0.2) is 23.1 Å². The highest BCUT2D eigenvalue weighted by molar-refractivity contribution is 7.09. The minimum Gasteiger partial charge on any atom is -0.398 e. The number of amides is 1. The number of nitrogen functional groups attached to an aromatic ring is 1. The number of carbonyl (C=O) groups is 1. The number of anilines is 2. The molecule has 2 aromatic rings. The van der Waals surface area contributed by atoms with Crippen molar-refractivity contribution in [3.05, 3.63) is 34.5 Å². The number of pyridine rings is 1. The maximum atomic E-state index is 11.7. The molecule has 0 spiro atoms. The van der Waals surface area contributed by atoms with E-state index in [0.29, 0.717) is 16.6 Å². The topological polar surface area (TPSA) is 103 Å². The second-order valence-electron chi connectivity index (χ2n) is 3.62. The summed E-state index contributed by atoms with van der Waals surface area (Å²) in [7, 11) is 0. The molecule has 0 aromatic carbocycles. The number of nitrogens with one attached hydrogen (secondary N) is 1. The Morgan fingerprint density at radius 2 is 2.33 bits per heavy atom. The molecule has 0 fully saturated rings. The van der Waals surface area contributed by atoms with Gasteiger partial charge in [0.25, 0.3) is 5.56 Å². The van der Waals surface area contributed by atoms with Crippen LogP contribution in [0.3, 0.4) is 0 Å². The molecule has 0 radical (unpaired) electrons. The van der Waals surface area contributed by atoms with Crippen molar-refractivity contribution in [2.24, 2.45) is 0 Å². The standard InChI is InChI=1S/C10H11N5O2S/c1-6-12-10(18-14-6)13-8(16)5-15-4-7(11)2-3-9(15)17/h2-4H,5,11H2,1H3,(H,12,13,14,16). The van der Waals surface area contributed by atoms with Crippen molar-refractivity contribution in [2.45, 2.75) is 13.5 Å². The molecule has 0 saturated heterocycles. The lowest BCUT2D eigenvalue weighted by molar-refractivity contribution is -0.116. The molecular formula is C10H11N5O2S. The molecule has 0 bridgehead atoms. The molecule has 0 aliphatic rings. The van der Waals surface area contributed by atoms with Crippen LogP contribution in [0.25, 0.3) is 0 Å². The molecule has 0 aliphatic heterocycles. The van der Waals surface area contributed by atoms with Gasteiger partial charge in [0.2, 0.25) is 11.0 Å². The first kappa shape index (κ1) is 12.2. The highest BCUT2D eigenvalue weighted by Crippen LogP contribution is 2.09. The summed E-state index contributed by atoms with van der Waals surface area (Å²) in [5.74, 6) is 0.246. The lowest BCUT2D eigenvalue weighted by Crippen LogP contribution is -2.26. The molecule has 2 rings (SSSR count). The van der Waals surface area contributed by atoms with Crippen LogP contribution in [0.2, 0.25) is 0 Å². The van der Waals surface area contributed by atoms with Crippen LogP contribution in [0.5, 0.6) is 0 Å². The van der Waals surface area contributed by atoms with Gasteiger partial charge in [-0.3, -0.25) is 14.9 Å². The quantitative estimate of drug-likeness (QED) is 0.826. The molecule has 1 amide bonds. The zero-order valence-electron chi connectivity index (χ0n) is 9.58. The van der Waals surface area contributed by atoms with Gasteiger partial charge in [-0.2, -0.15) is 4.37 Å². The number of rotatable bonds is 3. The highest BCUT2D eigenvalue weighted by Gasteiger charge is 2.08. The van der Waals surface area contributed by atoms with Crippen LogP contribution in [0, 0.1) is 6.92 Å². The van der Waals surface area contributed by atoms with Gasteiger partial charge in [0, 0.05) is 29.5 Å². The Labute approximate surface area is 106 Å². The third kappa shape index (κ3) is 2.92. The maximum absolute atomic E-state index is 11.7. The smallest absolute Gasteiger partial charge is 0.251 e. The molecule has 0 saturated carbocycles. The molecule has 0 aliphatic carbocycles. The van der Waals surface area contributed by atoms with Crippen LogP contribution in [-0.2, 0) is 11.3 Å². The van der Waals surface area contributed by atoms with Gasteiger partial charge in [0.05, 0.1) is 0 Å². The van der Waals surface area contributed by atoms with Crippen LogP contribution < -0.4 is 16.6 Å².